The van der Waals surface area contributed by atoms with Crippen LogP contribution in [0.25, 0.3) is 0 Å². The first-order valence-electron chi connectivity index (χ1n) is 7.98. The molecule has 1 aliphatic heterocycles. The highest BCUT2D eigenvalue weighted by Crippen LogP contribution is 2.27. The number of rotatable bonds is 4. The van der Waals surface area contributed by atoms with E-state index in [1.165, 1.54) is 33.8 Å². The van der Waals surface area contributed by atoms with Crippen LogP contribution in [-0.2, 0) is 14.8 Å². The summed E-state index contributed by atoms with van der Waals surface area (Å²) < 4.78 is 40.1. The van der Waals surface area contributed by atoms with Crippen LogP contribution >= 0.6 is 11.3 Å². The van der Waals surface area contributed by atoms with Crippen molar-refractivity contribution >= 4 is 33.0 Å². The van der Waals surface area contributed by atoms with Gasteiger partial charge in [-0.2, -0.15) is 4.31 Å². The Morgan fingerprint density at radius 2 is 2.16 bits per heavy atom. The Hall–Kier alpha value is -1.77. The fraction of sp³-hybridized carbons (Fsp3) is 0.353. The summed E-state index contributed by atoms with van der Waals surface area (Å²) in [6, 6.07) is 7.43. The van der Waals surface area contributed by atoms with E-state index < -0.39 is 15.9 Å². The Morgan fingerprint density at radius 1 is 1.36 bits per heavy atom. The molecular weight excluding hydrogens is 363 g/mol. The summed E-state index contributed by atoms with van der Waals surface area (Å²) in [6.07, 6.45) is 1.26. The summed E-state index contributed by atoms with van der Waals surface area (Å²) in [7, 11) is -3.55. The normalized spacial score (nSPS) is 18.9. The molecule has 1 aromatic carbocycles. The van der Waals surface area contributed by atoms with E-state index in [-0.39, 0.29) is 18.3 Å². The van der Waals surface area contributed by atoms with Gasteiger partial charge in [-0.1, -0.05) is 6.07 Å². The number of halogens is 1. The molecule has 0 unspecified atom stereocenters. The molecule has 25 heavy (non-hydrogen) atoms. The number of nitrogens with one attached hydrogen (secondary N) is 1. The summed E-state index contributed by atoms with van der Waals surface area (Å²) in [5.74, 6) is -1.02. The largest absolute Gasteiger partial charge is 0.326 e. The van der Waals surface area contributed by atoms with Crippen LogP contribution in [0.15, 0.2) is 39.9 Å². The molecule has 3 rings (SSSR count). The van der Waals surface area contributed by atoms with Gasteiger partial charge in [-0.3, -0.25) is 4.79 Å². The molecular formula is C17H19FN2O3S2. The van der Waals surface area contributed by atoms with Crippen molar-refractivity contribution in [2.75, 3.05) is 18.4 Å². The van der Waals surface area contributed by atoms with Gasteiger partial charge in [0.1, 0.15) is 10.0 Å². The van der Waals surface area contributed by atoms with Crippen molar-refractivity contribution in [1.29, 1.82) is 0 Å². The molecule has 1 fully saturated rings. The van der Waals surface area contributed by atoms with Gasteiger partial charge < -0.3 is 5.32 Å². The predicted molar refractivity (Wildman–Crippen MR) is 95.6 cm³/mol. The average Bonchev–Trinajstić information content (AvgIpc) is 3.13. The smallest absolute Gasteiger partial charge is 0.252 e. The number of amides is 1. The lowest BCUT2D eigenvalue weighted by Crippen LogP contribution is -2.43. The molecule has 134 valence electrons. The first-order valence-corrected chi connectivity index (χ1v) is 10.3. The number of sulfonamides is 1. The Kier molecular flexibility index (Phi) is 5.21. The van der Waals surface area contributed by atoms with Crippen molar-refractivity contribution < 1.29 is 17.6 Å². The second-order valence-corrected chi connectivity index (χ2v) is 9.20. The summed E-state index contributed by atoms with van der Waals surface area (Å²) in [6.45, 7) is 2.29. The minimum atomic E-state index is -3.55. The van der Waals surface area contributed by atoms with Gasteiger partial charge in [0.25, 0.3) is 10.0 Å². The number of thiophene rings is 1. The fourth-order valence-corrected chi connectivity index (χ4v) is 5.58. The topological polar surface area (TPSA) is 66.5 Å². The standard InChI is InChI=1S/C17H19FN2O3S2/c1-12-10-14(18)6-7-15(12)19-17(21)13-4-2-8-20(11-13)25(22,23)16-5-3-9-24-16/h3,5-7,9-10,13H,2,4,8,11H2,1H3,(H,19,21)/t13-/m1/s1. The number of benzene rings is 1. The van der Waals surface area contributed by atoms with E-state index in [4.69, 9.17) is 0 Å². The van der Waals surface area contributed by atoms with E-state index in [1.54, 1.807) is 24.4 Å². The van der Waals surface area contributed by atoms with Crippen LogP contribution in [0, 0.1) is 18.7 Å². The number of anilines is 1. The highest BCUT2D eigenvalue weighted by atomic mass is 32.2. The van der Waals surface area contributed by atoms with Crippen LogP contribution in [0.2, 0.25) is 0 Å². The maximum atomic E-state index is 13.2. The van der Waals surface area contributed by atoms with Gasteiger partial charge in [0.15, 0.2) is 0 Å². The molecule has 1 atom stereocenters. The Morgan fingerprint density at radius 3 is 2.84 bits per heavy atom. The number of carbonyl (C=O) groups excluding carboxylic acids is 1. The van der Waals surface area contributed by atoms with Crippen molar-refractivity contribution in [1.82, 2.24) is 4.31 Å². The molecule has 8 heteroatoms. The van der Waals surface area contributed by atoms with Crippen molar-refractivity contribution in [2.45, 2.75) is 24.0 Å². The van der Waals surface area contributed by atoms with Gasteiger partial charge in [0, 0.05) is 18.8 Å². The predicted octanol–water partition coefficient (Wildman–Crippen LogP) is 3.24. The maximum absolute atomic E-state index is 13.2. The molecule has 5 nitrogen and oxygen atoms in total. The maximum Gasteiger partial charge on any atom is 0.252 e. The number of nitrogens with zero attached hydrogens (tertiary/aromatic N) is 1. The summed E-state index contributed by atoms with van der Waals surface area (Å²) in [5.41, 5.74) is 1.18. The van der Waals surface area contributed by atoms with Gasteiger partial charge in [-0.15, -0.1) is 11.3 Å². The minimum Gasteiger partial charge on any atom is -0.326 e. The van der Waals surface area contributed by atoms with Crippen LogP contribution in [0.1, 0.15) is 18.4 Å². The molecule has 1 N–H and O–H groups in total. The molecule has 1 amide bonds. The average molecular weight is 382 g/mol. The molecule has 0 radical (unpaired) electrons. The van der Waals surface area contributed by atoms with E-state index in [0.29, 0.717) is 34.8 Å². The van der Waals surface area contributed by atoms with Crippen LogP contribution in [0.3, 0.4) is 0 Å². The Bertz CT molecular complexity index is 866. The van der Waals surface area contributed by atoms with Gasteiger partial charge in [0.2, 0.25) is 5.91 Å². The molecule has 1 aromatic heterocycles. The molecule has 0 saturated carbocycles. The van der Waals surface area contributed by atoms with Gasteiger partial charge in [-0.25, -0.2) is 12.8 Å². The number of aryl methyl sites for hydroxylation is 1. The second-order valence-electron chi connectivity index (χ2n) is 6.08. The van der Waals surface area contributed by atoms with Crippen molar-refractivity contribution in [3.05, 3.63) is 47.1 Å². The first-order chi connectivity index (χ1) is 11.9. The molecule has 2 heterocycles. The van der Waals surface area contributed by atoms with Crippen LogP contribution < -0.4 is 5.32 Å². The number of piperidine rings is 1. The van der Waals surface area contributed by atoms with Gasteiger partial charge in [0.05, 0.1) is 5.92 Å². The lowest BCUT2D eigenvalue weighted by Gasteiger charge is -2.30. The monoisotopic (exact) mass is 382 g/mol. The molecule has 0 aliphatic carbocycles. The van der Waals surface area contributed by atoms with Crippen molar-refractivity contribution in [3.8, 4) is 0 Å². The Labute approximate surface area is 150 Å². The first kappa shape index (κ1) is 18.0. The summed E-state index contributed by atoms with van der Waals surface area (Å²) >= 11 is 1.17. The van der Waals surface area contributed by atoms with Crippen molar-refractivity contribution in [2.24, 2.45) is 5.92 Å². The third kappa shape index (κ3) is 3.91. The summed E-state index contributed by atoms with van der Waals surface area (Å²) in [4.78, 5) is 12.5. The van der Waals surface area contributed by atoms with Crippen LogP contribution in [0.5, 0.6) is 0 Å². The van der Waals surface area contributed by atoms with E-state index in [9.17, 15) is 17.6 Å². The summed E-state index contributed by atoms with van der Waals surface area (Å²) in [5, 5.41) is 4.51. The molecule has 0 bridgehead atoms. The molecule has 1 saturated heterocycles. The number of hydrogen-bond acceptors (Lipinski definition) is 4. The molecule has 1 aliphatic rings. The van der Waals surface area contributed by atoms with Crippen LogP contribution in [-0.4, -0.2) is 31.7 Å². The van der Waals surface area contributed by atoms with Crippen molar-refractivity contribution in [3.63, 3.8) is 0 Å². The minimum absolute atomic E-state index is 0.159. The third-order valence-corrected chi connectivity index (χ3v) is 7.53. The van der Waals surface area contributed by atoms with E-state index >= 15 is 0 Å². The molecule has 0 spiro atoms. The number of hydrogen-bond donors (Lipinski definition) is 1. The zero-order chi connectivity index (χ0) is 18.0. The van der Waals surface area contributed by atoms with Gasteiger partial charge >= 0.3 is 0 Å². The van der Waals surface area contributed by atoms with Crippen LogP contribution in [0.4, 0.5) is 10.1 Å². The van der Waals surface area contributed by atoms with E-state index in [1.807, 2.05) is 0 Å². The fourth-order valence-electron chi connectivity index (χ4n) is 2.91. The third-order valence-electron chi connectivity index (χ3n) is 4.29. The zero-order valence-electron chi connectivity index (χ0n) is 13.7. The number of carbonyl (C=O) groups is 1. The lowest BCUT2D eigenvalue weighted by molar-refractivity contribution is -0.120. The second kappa shape index (κ2) is 7.23. The molecule has 2 aromatic rings. The quantitative estimate of drug-likeness (QED) is 0.883. The van der Waals surface area contributed by atoms with E-state index in [0.717, 1.165) is 0 Å². The SMILES string of the molecule is Cc1cc(F)ccc1NC(=O)[C@@H]1CCCN(S(=O)(=O)c2cccs2)C1. The Balaban J connectivity index is 1.72. The highest BCUT2D eigenvalue weighted by molar-refractivity contribution is 7.91. The lowest BCUT2D eigenvalue weighted by atomic mass is 9.98. The van der Waals surface area contributed by atoms with Gasteiger partial charge in [-0.05, 0) is 55.0 Å². The zero-order valence-corrected chi connectivity index (χ0v) is 15.4. The van der Waals surface area contributed by atoms with E-state index in [2.05, 4.69) is 5.32 Å². The highest BCUT2D eigenvalue weighted by Gasteiger charge is 2.33.